The summed E-state index contributed by atoms with van der Waals surface area (Å²) < 4.78 is 0. The molecule has 2 heterocycles. The zero-order valence-electron chi connectivity index (χ0n) is 11.4. The van der Waals surface area contributed by atoms with E-state index >= 15 is 0 Å². The lowest BCUT2D eigenvalue weighted by atomic mass is 10.1. The Kier molecular flexibility index (Phi) is 4.07. The quantitative estimate of drug-likeness (QED) is 0.612. The summed E-state index contributed by atoms with van der Waals surface area (Å²) >= 11 is 12.9. The number of likely N-dealkylation sites (tertiary alicyclic amines) is 1. The highest BCUT2D eigenvalue weighted by molar-refractivity contribution is 6.91. The zero-order chi connectivity index (χ0) is 13.5. The number of rotatable bonds is 2. The van der Waals surface area contributed by atoms with Crippen molar-refractivity contribution in [3.05, 3.63) is 21.9 Å². The maximum absolute atomic E-state index is 6.63. The van der Waals surface area contributed by atoms with Gasteiger partial charge in [0.25, 0.3) is 0 Å². The highest BCUT2D eigenvalue weighted by Crippen LogP contribution is 2.35. The third-order valence-corrected chi connectivity index (χ3v) is 6.62. The van der Waals surface area contributed by atoms with Crippen LogP contribution in [0, 0.1) is 0 Å². The number of aromatic nitrogens is 1. The van der Waals surface area contributed by atoms with Crippen molar-refractivity contribution in [2.24, 2.45) is 0 Å². The van der Waals surface area contributed by atoms with Crippen LogP contribution in [0.25, 0.3) is 0 Å². The Bertz CT molecular complexity index is 457. The number of pyridine rings is 1. The van der Waals surface area contributed by atoms with Gasteiger partial charge in [-0.05, 0) is 31.6 Å². The highest BCUT2D eigenvalue weighted by atomic mass is 35.5. The van der Waals surface area contributed by atoms with Gasteiger partial charge in [-0.3, -0.25) is 4.90 Å². The number of halogens is 2. The van der Waals surface area contributed by atoms with Crippen LogP contribution in [-0.2, 0) is 0 Å². The van der Waals surface area contributed by atoms with Crippen LogP contribution in [0.5, 0.6) is 0 Å². The third kappa shape index (κ3) is 2.60. The Morgan fingerprint density at radius 1 is 1.33 bits per heavy atom. The first kappa shape index (κ1) is 14.3. The molecule has 2 rings (SSSR count). The van der Waals surface area contributed by atoms with Crippen LogP contribution in [0.4, 0.5) is 0 Å². The Hall–Kier alpha value is -0.0931. The monoisotopic (exact) mass is 302 g/mol. The minimum atomic E-state index is -1.57. The fourth-order valence-corrected chi connectivity index (χ4v) is 6.30. The van der Waals surface area contributed by atoms with Gasteiger partial charge in [0.15, 0.2) is 0 Å². The van der Waals surface area contributed by atoms with E-state index in [0.717, 1.165) is 28.7 Å². The molecule has 1 atom stereocenters. The molecule has 1 aromatic rings. The Morgan fingerprint density at radius 3 is 2.50 bits per heavy atom. The van der Waals surface area contributed by atoms with Crippen molar-refractivity contribution in [2.75, 3.05) is 13.6 Å². The van der Waals surface area contributed by atoms with Crippen LogP contribution in [0.1, 0.15) is 24.4 Å². The molecule has 0 aliphatic carbocycles. The molecule has 1 aromatic heterocycles. The van der Waals surface area contributed by atoms with Gasteiger partial charge in [0, 0.05) is 22.8 Å². The summed E-state index contributed by atoms with van der Waals surface area (Å²) in [4.78, 5) is 6.73. The lowest BCUT2D eigenvalue weighted by Gasteiger charge is -2.25. The molecule has 0 aromatic carbocycles. The van der Waals surface area contributed by atoms with E-state index < -0.39 is 8.07 Å². The van der Waals surface area contributed by atoms with Gasteiger partial charge in [-0.15, -0.1) is 0 Å². The van der Waals surface area contributed by atoms with E-state index in [-0.39, 0.29) is 0 Å². The Labute approximate surface area is 120 Å². The smallest absolute Gasteiger partial charge is 0.129 e. The first-order valence-electron chi connectivity index (χ1n) is 6.37. The topological polar surface area (TPSA) is 16.1 Å². The van der Waals surface area contributed by atoms with Gasteiger partial charge < -0.3 is 0 Å². The molecular formula is C13H20Cl2N2Si. The molecule has 5 heteroatoms. The zero-order valence-corrected chi connectivity index (χ0v) is 13.9. The molecule has 1 aliphatic rings. The van der Waals surface area contributed by atoms with Crippen LogP contribution >= 0.6 is 23.2 Å². The molecule has 1 aliphatic heterocycles. The largest absolute Gasteiger partial charge is 0.299 e. The summed E-state index contributed by atoms with van der Waals surface area (Å²) in [6.07, 6.45) is 4.24. The summed E-state index contributed by atoms with van der Waals surface area (Å²) in [5.41, 5.74) is 1.15. The van der Waals surface area contributed by atoms with E-state index in [4.69, 9.17) is 23.2 Å². The molecule has 0 unspecified atom stereocenters. The average Bonchev–Trinajstić information content (AvgIpc) is 2.62. The van der Waals surface area contributed by atoms with Crippen molar-refractivity contribution in [3.63, 3.8) is 0 Å². The SMILES string of the molecule is CN1CCC[C@H]1c1cnc(Cl)c([Si](C)(C)C)c1Cl. The van der Waals surface area contributed by atoms with Crippen LogP contribution in [-0.4, -0.2) is 31.6 Å². The average molecular weight is 303 g/mol. The number of hydrogen-bond acceptors (Lipinski definition) is 2. The molecule has 0 bridgehead atoms. The highest BCUT2D eigenvalue weighted by Gasteiger charge is 2.30. The van der Waals surface area contributed by atoms with Gasteiger partial charge >= 0.3 is 0 Å². The van der Waals surface area contributed by atoms with Crippen molar-refractivity contribution in [2.45, 2.75) is 38.5 Å². The lowest BCUT2D eigenvalue weighted by molar-refractivity contribution is 0.317. The molecule has 2 nitrogen and oxygen atoms in total. The van der Waals surface area contributed by atoms with E-state index in [1.807, 2.05) is 6.20 Å². The van der Waals surface area contributed by atoms with Crippen LogP contribution < -0.4 is 5.19 Å². The lowest BCUT2D eigenvalue weighted by Crippen LogP contribution is -2.40. The standard InChI is InChI=1S/C13H20Cl2N2Si/c1-17-7-5-6-10(17)9-8-16-13(15)12(11(9)14)18(2,3)4/h8,10H,5-7H2,1-4H3/t10-/m0/s1. The van der Waals surface area contributed by atoms with Crippen LogP contribution in [0.2, 0.25) is 29.8 Å². The molecule has 18 heavy (non-hydrogen) atoms. The van der Waals surface area contributed by atoms with Gasteiger partial charge in [0.1, 0.15) is 5.15 Å². The maximum atomic E-state index is 6.63. The van der Waals surface area contributed by atoms with Crippen molar-refractivity contribution in [1.82, 2.24) is 9.88 Å². The summed E-state index contributed by atoms with van der Waals surface area (Å²) in [5, 5.41) is 2.54. The van der Waals surface area contributed by atoms with E-state index in [9.17, 15) is 0 Å². The van der Waals surface area contributed by atoms with E-state index in [2.05, 4.69) is 36.6 Å². The minimum absolute atomic E-state index is 0.400. The van der Waals surface area contributed by atoms with Gasteiger partial charge in [0.2, 0.25) is 0 Å². The molecular weight excluding hydrogens is 283 g/mol. The summed E-state index contributed by atoms with van der Waals surface area (Å²) in [6.45, 7) is 7.89. The predicted octanol–water partition coefficient (Wildman–Crippen LogP) is 3.70. The van der Waals surface area contributed by atoms with Gasteiger partial charge in [0.05, 0.1) is 8.07 Å². The maximum Gasteiger partial charge on any atom is 0.129 e. The molecule has 0 amide bonds. The molecule has 0 spiro atoms. The van der Waals surface area contributed by atoms with Gasteiger partial charge in [-0.25, -0.2) is 4.98 Å². The molecule has 0 radical (unpaired) electrons. The number of nitrogens with zero attached hydrogens (tertiary/aromatic N) is 2. The molecule has 1 saturated heterocycles. The molecule has 1 fully saturated rings. The Morgan fingerprint density at radius 2 is 2.00 bits per heavy atom. The second-order valence-electron chi connectivity index (χ2n) is 6.08. The fourth-order valence-electron chi connectivity index (χ4n) is 2.66. The van der Waals surface area contributed by atoms with E-state index in [0.29, 0.717) is 11.2 Å². The predicted molar refractivity (Wildman–Crippen MR) is 81.8 cm³/mol. The normalized spacial score (nSPS) is 21.6. The molecule has 100 valence electrons. The van der Waals surface area contributed by atoms with Crippen LogP contribution in [0.3, 0.4) is 0 Å². The van der Waals surface area contributed by atoms with E-state index in [1.54, 1.807) is 0 Å². The fraction of sp³-hybridized carbons (Fsp3) is 0.615. The molecule has 0 N–H and O–H groups in total. The second kappa shape index (κ2) is 5.12. The van der Waals surface area contributed by atoms with Crippen molar-refractivity contribution >= 4 is 36.5 Å². The minimum Gasteiger partial charge on any atom is -0.299 e. The van der Waals surface area contributed by atoms with Crippen LogP contribution in [0.15, 0.2) is 6.20 Å². The Balaban J connectivity index is 2.51. The molecule has 0 saturated carbocycles. The van der Waals surface area contributed by atoms with Gasteiger partial charge in [-0.1, -0.05) is 42.8 Å². The summed E-state index contributed by atoms with van der Waals surface area (Å²) in [7, 11) is 0.578. The van der Waals surface area contributed by atoms with E-state index in [1.165, 1.54) is 6.42 Å². The first-order chi connectivity index (χ1) is 8.32. The third-order valence-electron chi connectivity index (χ3n) is 3.63. The van der Waals surface area contributed by atoms with Crippen molar-refractivity contribution < 1.29 is 0 Å². The van der Waals surface area contributed by atoms with Crippen molar-refractivity contribution in [1.29, 1.82) is 0 Å². The first-order valence-corrected chi connectivity index (χ1v) is 10.6. The second-order valence-corrected chi connectivity index (χ2v) is 11.8. The number of hydrogen-bond donors (Lipinski definition) is 0. The summed E-state index contributed by atoms with van der Waals surface area (Å²) in [6, 6.07) is 0.400. The summed E-state index contributed by atoms with van der Waals surface area (Å²) in [5.74, 6) is 0. The van der Waals surface area contributed by atoms with Gasteiger partial charge in [-0.2, -0.15) is 0 Å². The van der Waals surface area contributed by atoms with Crippen molar-refractivity contribution in [3.8, 4) is 0 Å².